The van der Waals surface area contributed by atoms with Crippen LogP contribution in [-0.2, 0) is 0 Å². The Hall–Kier alpha value is -2.59. The molecule has 1 aromatic heterocycles. The highest BCUT2D eigenvalue weighted by Gasteiger charge is 2.17. The highest BCUT2D eigenvalue weighted by atomic mass is 35.5. The lowest BCUT2D eigenvalue weighted by Gasteiger charge is -2.05. The molecule has 0 aliphatic heterocycles. The summed E-state index contributed by atoms with van der Waals surface area (Å²) in [5, 5.41) is 7.05. The van der Waals surface area contributed by atoms with E-state index in [2.05, 4.69) is 10.5 Å². The number of aromatic nitrogens is 1. The summed E-state index contributed by atoms with van der Waals surface area (Å²) in [7, 11) is 0. The molecule has 5 heteroatoms. The van der Waals surface area contributed by atoms with Gasteiger partial charge in [0.15, 0.2) is 5.76 Å². The van der Waals surface area contributed by atoms with Crippen LogP contribution in [0.1, 0.15) is 10.4 Å². The quantitative estimate of drug-likeness (QED) is 0.786. The summed E-state index contributed by atoms with van der Waals surface area (Å²) in [6, 6.07) is 16.3. The number of hydrogen-bond acceptors (Lipinski definition) is 3. The first-order valence-electron chi connectivity index (χ1n) is 6.31. The van der Waals surface area contributed by atoms with Gasteiger partial charge in [0.25, 0.3) is 5.91 Å². The van der Waals surface area contributed by atoms with Crippen LogP contribution in [0.2, 0.25) is 5.02 Å². The molecule has 1 amide bonds. The van der Waals surface area contributed by atoms with Gasteiger partial charge in [-0.15, -0.1) is 0 Å². The molecule has 0 saturated heterocycles. The van der Waals surface area contributed by atoms with E-state index in [1.807, 2.05) is 30.3 Å². The highest BCUT2D eigenvalue weighted by molar-refractivity contribution is 6.31. The van der Waals surface area contributed by atoms with Gasteiger partial charge >= 0.3 is 0 Å². The van der Waals surface area contributed by atoms with Crippen molar-refractivity contribution < 1.29 is 9.32 Å². The Kier molecular flexibility index (Phi) is 3.71. The van der Waals surface area contributed by atoms with E-state index in [1.165, 1.54) is 6.20 Å². The van der Waals surface area contributed by atoms with Gasteiger partial charge in [-0.3, -0.25) is 4.79 Å². The van der Waals surface area contributed by atoms with Crippen LogP contribution in [0.3, 0.4) is 0 Å². The molecular weight excluding hydrogens is 288 g/mol. The number of carbonyl (C=O) groups excluding carboxylic acids is 1. The van der Waals surface area contributed by atoms with Gasteiger partial charge in [0.05, 0.1) is 6.20 Å². The lowest BCUT2D eigenvalue weighted by molar-refractivity contribution is 0.102. The Balaban J connectivity index is 1.88. The monoisotopic (exact) mass is 298 g/mol. The number of benzene rings is 2. The van der Waals surface area contributed by atoms with Crippen LogP contribution in [0.25, 0.3) is 11.3 Å². The summed E-state index contributed by atoms with van der Waals surface area (Å²) in [6.07, 6.45) is 1.40. The van der Waals surface area contributed by atoms with E-state index in [0.29, 0.717) is 22.0 Å². The fourth-order valence-corrected chi connectivity index (χ4v) is 2.15. The van der Waals surface area contributed by atoms with Gasteiger partial charge in [0, 0.05) is 16.3 Å². The molecule has 0 bridgehead atoms. The maximum Gasteiger partial charge on any atom is 0.261 e. The van der Waals surface area contributed by atoms with Crippen molar-refractivity contribution in [2.75, 3.05) is 5.32 Å². The predicted octanol–water partition coefficient (Wildman–Crippen LogP) is 4.25. The van der Waals surface area contributed by atoms with Crippen molar-refractivity contribution in [3.8, 4) is 11.3 Å². The van der Waals surface area contributed by atoms with Gasteiger partial charge < -0.3 is 9.84 Å². The first-order valence-corrected chi connectivity index (χ1v) is 6.69. The van der Waals surface area contributed by atoms with Crippen LogP contribution in [0.5, 0.6) is 0 Å². The average molecular weight is 299 g/mol. The number of halogens is 1. The van der Waals surface area contributed by atoms with E-state index in [0.717, 1.165) is 5.56 Å². The maximum absolute atomic E-state index is 12.3. The molecular formula is C16H11ClN2O2. The maximum atomic E-state index is 12.3. The molecule has 0 atom stereocenters. The van der Waals surface area contributed by atoms with E-state index in [4.69, 9.17) is 16.1 Å². The molecule has 0 aliphatic carbocycles. The molecule has 3 aromatic rings. The van der Waals surface area contributed by atoms with Crippen molar-refractivity contribution in [3.63, 3.8) is 0 Å². The first-order chi connectivity index (χ1) is 10.2. The summed E-state index contributed by atoms with van der Waals surface area (Å²) in [4.78, 5) is 12.3. The second-order valence-corrected chi connectivity index (χ2v) is 4.84. The molecule has 21 heavy (non-hydrogen) atoms. The van der Waals surface area contributed by atoms with Crippen LogP contribution in [0.15, 0.2) is 65.3 Å². The van der Waals surface area contributed by atoms with Gasteiger partial charge in [0.1, 0.15) is 5.56 Å². The Labute approximate surface area is 126 Å². The molecule has 104 valence electrons. The third-order valence-electron chi connectivity index (χ3n) is 2.93. The van der Waals surface area contributed by atoms with Gasteiger partial charge in [-0.1, -0.05) is 53.2 Å². The first kappa shape index (κ1) is 13.4. The number of rotatable bonds is 3. The average Bonchev–Trinajstić information content (AvgIpc) is 2.98. The zero-order valence-corrected chi connectivity index (χ0v) is 11.7. The summed E-state index contributed by atoms with van der Waals surface area (Å²) >= 11 is 5.90. The molecule has 0 fully saturated rings. The minimum Gasteiger partial charge on any atom is -0.355 e. The second-order valence-electron chi connectivity index (χ2n) is 4.40. The van der Waals surface area contributed by atoms with E-state index < -0.39 is 0 Å². The topological polar surface area (TPSA) is 55.1 Å². The Bertz CT molecular complexity index is 769. The normalized spacial score (nSPS) is 10.3. The number of amides is 1. The summed E-state index contributed by atoms with van der Waals surface area (Å²) in [6.45, 7) is 0. The molecule has 3 rings (SSSR count). The number of carbonyl (C=O) groups is 1. The largest absolute Gasteiger partial charge is 0.355 e. The van der Waals surface area contributed by atoms with Crippen molar-refractivity contribution in [2.24, 2.45) is 0 Å². The lowest BCUT2D eigenvalue weighted by atomic mass is 10.1. The minimum absolute atomic E-state index is 0.294. The van der Waals surface area contributed by atoms with Crippen molar-refractivity contribution in [1.29, 1.82) is 0 Å². The number of nitrogens with one attached hydrogen (secondary N) is 1. The fraction of sp³-hybridized carbons (Fsp3) is 0. The SMILES string of the molecule is O=C(Nc1cccc(Cl)c1)c1cnoc1-c1ccccc1. The molecule has 1 heterocycles. The van der Waals surface area contributed by atoms with Crippen molar-refractivity contribution in [2.45, 2.75) is 0 Å². The van der Waals surface area contributed by atoms with Gasteiger partial charge in [0.2, 0.25) is 0 Å². The second kappa shape index (κ2) is 5.81. The van der Waals surface area contributed by atoms with E-state index in [9.17, 15) is 4.79 Å². The lowest BCUT2D eigenvalue weighted by Crippen LogP contribution is -2.11. The molecule has 0 aliphatic rings. The summed E-state index contributed by atoms with van der Waals surface area (Å²) < 4.78 is 5.20. The number of hydrogen-bond donors (Lipinski definition) is 1. The van der Waals surface area contributed by atoms with Crippen LogP contribution in [0, 0.1) is 0 Å². The van der Waals surface area contributed by atoms with E-state index >= 15 is 0 Å². The van der Waals surface area contributed by atoms with Crippen LogP contribution >= 0.6 is 11.6 Å². The third-order valence-corrected chi connectivity index (χ3v) is 3.17. The highest BCUT2D eigenvalue weighted by Crippen LogP contribution is 2.24. The standard InChI is InChI=1S/C16H11ClN2O2/c17-12-7-4-8-13(9-12)19-16(20)14-10-18-21-15(14)11-5-2-1-3-6-11/h1-10H,(H,19,20). The predicted molar refractivity (Wildman–Crippen MR) is 81.3 cm³/mol. The Morgan fingerprint density at radius 2 is 1.90 bits per heavy atom. The summed E-state index contributed by atoms with van der Waals surface area (Å²) in [5.74, 6) is 0.146. The van der Waals surface area contributed by atoms with Crippen LogP contribution in [0.4, 0.5) is 5.69 Å². The van der Waals surface area contributed by atoms with Gasteiger partial charge in [-0.2, -0.15) is 0 Å². The van der Waals surface area contributed by atoms with Gasteiger partial charge in [-0.25, -0.2) is 0 Å². The molecule has 4 nitrogen and oxygen atoms in total. The third kappa shape index (κ3) is 2.95. The van der Waals surface area contributed by atoms with Crippen LogP contribution in [-0.4, -0.2) is 11.1 Å². The van der Waals surface area contributed by atoms with Crippen molar-refractivity contribution in [1.82, 2.24) is 5.16 Å². The smallest absolute Gasteiger partial charge is 0.261 e. The molecule has 1 N–H and O–H groups in total. The summed E-state index contributed by atoms with van der Waals surface area (Å²) in [5.41, 5.74) is 1.79. The van der Waals surface area contributed by atoms with Crippen molar-refractivity contribution >= 4 is 23.2 Å². The van der Waals surface area contributed by atoms with Crippen LogP contribution < -0.4 is 5.32 Å². The Morgan fingerprint density at radius 3 is 2.67 bits per heavy atom. The molecule has 0 spiro atoms. The Morgan fingerprint density at radius 1 is 1.10 bits per heavy atom. The molecule has 0 saturated carbocycles. The molecule has 0 radical (unpaired) electrons. The minimum atomic E-state index is -0.294. The molecule has 2 aromatic carbocycles. The molecule has 0 unspecified atom stereocenters. The fourth-order valence-electron chi connectivity index (χ4n) is 1.96. The van der Waals surface area contributed by atoms with E-state index in [1.54, 1.807) is 24.3 Å². The van der Waals surface area contributed by atoms with E-state index in [-0.39, 0.29) is 5.91 Å². The zero-order chi connectivity index (χ0) is 14.7. The number of anilines is 1. The van der Waals surface area contributed by atoms with Gasteiger partial charge in [-0.05, 0) is 18.2 Å². The zero-order valence-electron chi connectivity index (χ0n) is 10.9. The van der Waals surface area contributed by atoms with Crippen molar-refractivity contribution in [3.05, 3.63) is 71.4 Å². The number of nitrogens with zero attached hydrogens (tertiary/aromatic N) is 1.